The van der Waals surface area contributed by atoms with Crippen molar-refractivity contribution in [2.24, 2.45) is 0 Å². The first-order chi connectivity index (χ1) is 10.2. The highest BCUT2D eigenvalue weighted by molar-refractivity contribution is 7.99. The molecule has 1 aromatic heterocycles. The molecule has 0 aliphatic rings. The van der Waals surface area contributed by atoms with Gasteiger partial charge in [-0.05, 0) is 37.1 Å². The van der Waals surface area contributed by atoms with Crippen molar-refractivity contribution in [2.75, 3.05) is 0 Å². The highest BCUT2D eigenvalue weighted by atomic mass is 32.2. The molecule has 0 bridgehead atoms. The van der Waals surface area contributed by atoms with Gasteiger partial charge in [-0.2, -0.15) is 5.26 Å². The molecule has 2 nitrogen and oxygen atoms in total. The van der Waals surface area contributed by atoms with Crippen LogP contribution in [0, 0.1) is 25.2 Å². The second-order valence-electron chi connectivity index (χ2n) is 5.00. The Kier molecular flexibility index (Phi) is 3.64. The van der Waals surface area contributed by atoms with E-state index in [9.17, 15) is 5.26 Å². The maximum absolute atomic E-state index is 9.38. The van der Waals surface area contributed by atoms with Gasteiger partial charge in [0.25, 0.3) is 0 Å². The summed E-state index contributed by atoms with van der Waals surface area (Å²) in [5, 5.41) is 10.4. The Morgan fingerprint density at radius 3 is 2.71 bits per heavy atom. The number of aryl methyl sites for hydroxylation is 2. The molecule has 0 fully saturated rings. The molecule has 0 atom stereocenters. The zero-order valence-corrected chi connectivity index (χ0v) is 12.7. The molecule has 0 amide bonds. The van der Waals surface area contributed by atoms with Crippen LogP contribution in [0.3, 0.4) is 0 Å². The number of aromatic nitrogens is 1. The molecule has 0 N–H and O–H groups in total. The predicted octanol–water partition coefficient (Wildman–Crippen LogP) is 4.87. The number of benzene rings is 2. The van der Waals surface area contributed by atoms with E-state index in [1.807, 2.05) is 24.3 Å². The molecule has 1 heterocycles. The quantitative estimate of drug-likeness (QED) is 0.675. The van der Waals surface area contributed by atoms with Gasteiger partial charge in [-0.25, -0.2) is 0 Å². The zero-order valence-electron chi connectivity index (χ0n) is 11.9. The van der Waals surface area contributed by atoms with Crippen LogP contribution < -0.4 is 0 Å². The minimum Gasteiger partial charge on any atom is -0.255 e. The summed E-state index contributed by atoms with van der Waals surface area (Å²) in [6.45, 7) is 4.18. The number of fused-ring (bicyclic) bond motifs is 1. The Labute approximate surface area is 128 Å². The van der Waals surface area contributed by atoms with Crippen LogP contribution in [0.4, 0.5) is 0 Å². The Bertz CT molecular complexity index is 863. The molecule has 3 rings (SSSR count). The highest BCUT2D eigenvalue weighted by Crippen LogP contribution is 2.37. The van der Waals surface area contributed by atoms with Crippen molar-refractivity contribution in [3.63, 3.8) is 0 Å². The van der Waals surface area contributed by atoms with Crippen LogP contribution in [0.25, 0.3) is 10.9 Å². The van der Waals surface area contributed by atoms with E-state index >= 15 is 0 Å². The van der Waals surface area contributed by atoms with Crippen molar-refractivity contribution in [3.8, 4) is 6.07 Å². The maximum atomic E-state index is 9.38. The molecule has 0 saturated heterocycles. The van der Waals surface area contributed by atoms with E-state index in [2.05, 4.69) is 43.1 Å². The lowest BCUT2D eigenvalue weighted by molar-refractivity contribution is 1.25. The van der Waals surface area contributed by atoms with Crippen LogP contribution in [-0.4, -0.2) is 4.98 Å². The normalized spacial score (nSPS) is 10.5. The fraction of sp³-hybridized carbons (Fsp3) is 0.111. The molecule has 3 aromatic rings. The van der Waals surface area contributed by atoms with E-state index in [0.29, 0.717) is 5.56 Å². The standard InChI is InChI=1S/C18H14N2S/c1-12-7-8-13(2)17(9-12)21-18-14(10-19)11-20-16-6-4-3-5-15(16)18/h3-9,11H,1-2H3. The van der Waals surface area contributed by atoms with Gasteiger partial charge in [-0.15, -0.1) is 0 Å². The average molecular weight is 290 g/mol. The SMILES string of the molecule is Cc1ccc(C)c(Sc2c(C#N)cnc3ccccc23)c1. The van der Waals surface area contributed by atoms with Crippen LogP contribution in [0.2, 0.25) is 0 Å². The minimum atomic E-state index is 0.625. The van der Waals surface area contributed by atoms with Crippen LogP contribution in [0.5, 0.6) is 0 Å². The Morgan fingerprint density at radius 2 is 1.90 bits per heavy atom. The molecule has 2 aromatic carbocycles. The van der Waals surface area contributed by atoms with Gasteiger partial charge in [0.15, 0.2) is 0 Å². The van der Waals surface area contributed by atoms with Gasteiger partial charge in [-0.3, -0.25) is 4.98 Å². The smallest absolute Gasteiger partial charge is 0.102 e. The topological polar surface area (TPSA) is 36.7 Å². The summed E-state index contributed by atoms with van der Waals surface area (Å²) in [5.41, 5.74) is 3.99. The summed E-state index contributed by atoms with van der Waals surface area (Å²) in [6, 6.07) is 16.6. The van der Waals surface area contributed by atoms with Crippen molar-refractivity contribution < 1.29 is 0 Å². The van der Waals surface area contributed by atoms with E-state index in [1.165, 1.54) is 16.0 Å². The Morgan fingerprint density at radius 1 is 1.10 bits per heavy atom. The Hall–Kier alpha value is -2.31. The fourth-order valence-corrected chi connectivity index (χ4v) is 3.42. The van der Waals surface area contributed by atoms with Gasteiger partial charge in [0, 0.05) is 21.4 Å². The molecular weight excluding hydrogens is 276 g/mol. The lowest BCUT2D eigenvalue weighted by atomic mass is 10.2. The summed E-state index contributed by atoms with van der Waals surface area (Å²) >= 11 is 1.65. The zero-order chi connectivity index (χ0) is 14.8. The monoisotopic (exact) mass is 290 g/mol. The minimum absolute atomic E-state index is 0.625. The third-order valence-corrected chi connectivity index (χ3v) is 4.71. The van der Waals surface area contributed by atoms with Crippen LogP contribution in [0.1, 0.15) is 16.7 Å². The lowest BCUT2D eigenvalue weighted by Crippen LogP contribution is -1.89. The van der Waals surface area contributed by atoms with Crippen molar-refractivity contribution in [1.29, 1.82) is 5.26 Å². The number of hydrogen-bond acceptors (Lipinski definition) is 3. The number of nitriles is 1. The molecule has 0 aliphatic carbocycles. The van der Waals surface area contributed by atoms with E-state index in [0.717, 1.165) is 15.8 Å². The fourth-order valence-electron chi connectivity index (χ4n) is 2.23. The van der Waals surface area contributed by atoms with Gasteiger partial charge in [0.2, 0.25) is 0 Å². The summed E-state index contributed by atoms with van der Waals surface area (Å²) in [6.07, 6.45) is 1.66. The number of pyridine rings is 1. The molecule has 21 heavy (non-hydrogen) atoms. The Balaban J connectivity index is 2.19. The van der Waals surface area contributed by atoms with Gasteiger partial charge >= 0.3 is 0 Å². The van der Waals surface area contributed by atoms with Crippen molar-refractivity contribution in [1.82, 2.24) is 4.98 Å². The number of hydrogen-bond donors (Lipinski definition) is 0. The van der Waals surface area contributed by atoms with E-state index < -0.39 is 0 Å². The summed E-state index contributed by atoms with van der Waals surface area (Å²) in [4.78, 5) is 6.52. The molecule has 102 valence electrons. The van der Waals surface area contributed by atoms with Crippen molar-refractivity contribution in [2.45, 2.75) is 23.6 Å². The van der Waals surface area contributed by atoms with Crippen molar-refractivity contribution >= 4 is 22.7 Å². The summed E-state index contributed by atoms with van der Waals surface area (Å²) in [5.74, 6) is 0. The highest BCUT2D eigenvalue weighted by Gasteiger charge is 2.11. The molecule has 0 spiro atoms. The first-order valence-electron chi connectivity index (χ1n) is 6.72. The number of rotatable bonds is 2. The first-order valence-corrected chi connectivity index (χ1v) is 7.53. The van der Waals surface area contributed by atoms with Crippen LogP contribution >= 0.6 is 11.8 Å². The lowest BCUT2D eigenvalue weighted by Gasteiger charge is -2.10. The molecule has 0 unspecified atom stereocenters. The average Bonchev–Trinajstić information content (AvgIpc) is 2.51. The first kappa shape index (κ1) is 13.7. The predicted molar refractivity (Wildman–Crippen MR) is 86.5 cm³/mol. The third-order valence-electron chi connectivity index (χ3n) is 3.40. The molecule has 0 radical (unpaired) electrons. The van der Waals surface area contributed by atoms with Gasteiger partial charge in [0.05, 0.1) is 11.1 Å². The maximum Gasteiger partial charge on any atom is 0.102 e. The summed E-state index contributed by atoms with van der Waals surface area (Å²) < 4.78 is 0. The molecular formula is C18H14N2S. The van der Waals surface area contributed by atoms with Gasteiger partial charge in [0.1, 0.15) is 6.07 Å². The van der Waals surface area contributed by atoms with E-state index in [1.54, 1.807) is 18.0 Å². The van der Waals surface area contributed by atoms with E-state index in [4.69, 9.17) is 0 Å². The summed E-state index contributed by atoms with van der Waals surface area (Å²) in [7, 11) is 0. The second-order valence-corrected chi connectivity index (χ2v) is 6.05. The van der Waals surface area contributed by atoms with Gasteiger partial charge < -0.3 is 0 Å². The third kappa shape index (κ3) is 2.63. The van der Waals surface area contributed by atoms with Gasteiger partial charge in [-0.1, -0.05) is 42.1 Å². The molecule has 3 heteroatoms. The molecule has 0 saturated carbocycles. The van der Waals surface area contributed by atoms with Crippen LogP contribution in [0.15, 0.2) is 58.5 Å². The molecule has 0 aliphatic heterocycles. The largest absolute Gasteiger partial charge is 0.255 e. The number of nitrogens with zero attached hydrogens (tertiary/aromatic N) is 2. The van der Waals surface area contributed by atoms with E-state index in [-0.39, 0.29) is 0 Å². The van der Waals surface area contributed by atoms with Crippen molar-refractivity contribution in [3.05, 3.63) is 65.4 Å². The van der Waals surface area contributed by atoms with Crippen LogP contribution in [-0.2, 0) is 0 Å². The second kappa shape index (κ2) is 5.59. The number of para-hydroxylation sites is 1.